The van der Waals surface area contributed by atoms with Gasteiger partial charge in [0, 0.05) is 11.6 Å². The predicted octanol–water partition coefficient (Wildman–Crippen LogP) is 2.45. The van der Waals surface area contributed by atoms with E-state index in [1.807, 2.05) is 0 Å². The maximum atomic E-state index is 11.9. The molecule has 1 amide bonds. The number of carbonyl (C=O) groups excluding carboxylic acids is 1. The first-order chi connectivity index (χ1) is 8.97. The zero-order valence-electron chi connectivity index (χ0n) is 9.26. The molecule has 0 atom stereocenters. The minimum absolute atomic E-state index is 0.0160. The van der Waals surface area contributed by atoms with Crippen molar-refractivity contribution >= 4 is 34.8 Å². The molecule has 0 saturated carbocycles. The highest BCUT2D eigenvalue weighted by Crippen LogP contribution is 2.27. The quantitative estimate of drug-likeness (QED) is 0.740. The number of carbonyl (C=O) groups is 1. The van der Waals surface area contributed by atoms with Gasteiger partial charge in [-0.2, -0.15) is 0 Å². The van der Waals surface area contributed by atoms with Gasteiger partial charge < -0.3 is 15.5 Å². The molecule has 1 heterocycles. The number of phenols is 2. The summed E-state index contributed by atoms with van der Waals surface area (Å²) in [5, 5.41) is 21.0. The maximum absolute atomic E-state index is 11.9. The van der Waals surface area contributed by atoms with E-state index in [0.29, 0.717) is 0 Å². The Labute approximate surface area is 117 Å². The fourth-order valence-electron chi connectivity index (χ4n) is 1.36. The Morgan fingerprint density at radius 2 is 1.58 bits per heavy atom. The van der Waals surface area contributed by atoms with Crippen LogP contribution in [0.2, 0.25) is 10.3 Å². The van der Waals surface area contributed by atoms with Gasteiger partial charge in [-0.15, -0.1) is 0 Å². The van der Waals surface area contributed by atoms with E-state index in [4.69, 9.17) is 23.2 Å². The molecule has 0 saturated heterocycles. The molecule has 2 aromatic rings. The number of anilines is 1. The lowest BCUT2D eigenvalue weighted by atomic mass is 10.2. The lowest BCUT2D eigenvalue weighted by Crippen LogP contribution is -2.13. The van der Waals surface area contributed by atoms with E-state index in [9.17, 15) is 15.0 Å². The van der Waals surface area contributed by atoms with Gasteiger partial charge in [0.25, 0.3) is 5.91 Å². The summed E-state index contributed by atoms with van der Waals surface area (Å²) in [5.74, 6) is -1.11. The molecule has 0 fully saturated rings. The van der Waals surface area contributed by atoms with E-state index < -0.39 is 5.91 Å². The second kappa shape index (κ2) is 5.29. The smallest absolute Gasteiger partial charge is 0.256 e. The van der Waals surface area contributed by atoms with Crippen LogP contribution in [-0.4, -0.2) is 26.1 Å². The molecule has 6 nitrogen and oxygen atoms in total. The number of halogens is 2. The van der Waals surface area contributed by atoms with E-state index in [2.05, 4.69) is 15.3 Å². The topological polar surface area (TPSA) is 95.3 Å². The van der Waals surface area contributed by atoms with Crippen LogP contribution < -0.4 is 5.32 Å². The van der Waals surface area contributed by atoms with Crippen molar-refractivity contribution in [2.45, 2.75) is 0 Å². The molecule has 0 aliphatic carbocycles. The molecule has 19 heavy (non-hydrogen) atoms. The molecule has 0 unspecified atom stereocenters. The molecule has 1 aromatic carbocycles. The van der Waals surface area contributed by atoms with Gasteiger partial charge in [-0.1, -0.05) is 23.2 Å². The van der Waals surface area contributed by atoms with Gasteiger partial charge in [-0.05, 0) is 12.1 Å². The summed E-state index contributed by atoms with van der Waals surface area (Å²) in [4.78, 5) is 19.3. The zero-order valence-corrected chi connectivity index (χ0v) is 10.8. The number of phenolic OH excluding ortho intramolecular Hbond substituents is 2. The number of nitrogens with one attached hydrogen (secondary N) is 1. The summed E-state index contributed by atoms with van der Waals surface area (Å²) < 4.78 is 0. The van der Waals surface area contributed by atoms with Gasteiger partial charge >= 0.3 is 0 Å². The van der Waals surface area contributed by atoms with E-state index in [0.717, 1.165) is 12.4 Å². The standard InChI is InChI=1S/C11H7Cl2N3O3/c12-9-8(10(13)15-4-14-9)16-11(19)5-1-6(17)3-7(18)2-5/h1-4,17-18H,(H,16,19). The Balaban J connectivity index is 2.31. The van der Waals surface area contributed by atoms with Crippen molar-refractivity contribution in [2.75, 3.05) is 5.32 Å². The summed E-state index contributed by atoms with van der Waals surface area (Å²) in [5.41, 5.74) is 0.0900. The molecule has 0 spiro atoms. The van der Waals surface area contributed by atoms with E-state index in [1.54, 1.807) is 0 Å². The predicted molar refractivity (Wildman–Crippen MR) is 69.8 cm³/mol. The van der Waals surface area contributed by atoms with Crippen LogP contribution in [-0.2, 0) is 0 Å². The minimum atomic E-state index is -0.621. The molecule has 0 radical (unpaired) electrons. The molecule has 0 aliphatic heterocycles. The van der Waals surface area contributed by atoms with Crippen molar-refractivity contribution in [2.24, 2.45) is 0 Å². The number of nitrogens with zero attached hydrogens (tertiary/aromatic N) is 2. The molecule has 0 bridgehead atoms. The van der Waals surface area contributed by atoms with Crippen LogP contribution in [0.3, 0.4) is 0 Å². The first-order valence-electron chi connectivity index (χ1n) is 4.97. The van der Waals surface area contributed by atoms with Gasteiger partial charge in [-0.3, -0.25) is 4.79 Å². The summed E-state index contributed by atoms with van der Waals surface area (Å²) in [6, 6.07) is 3.46. The van der Waals surface area contributed by atoms with Gasteiger partial charge in [0.2, 0.25) is 0 Å². The Bertz CT molecular complexity index is 609. The third-order valence-corrected chi connectivity index (χ3v) is 2.73. The van der Waals surface area contributed by atoms with Crippen LogP contribution in [0.25, 0.3) is 0 Å². The van der Waals surface area contributed by atoms with Crippen LogP contribution in [0.5, 0.6) is 11.5 Å². The van der Waals surface area contributed by atoms with Gasteiger partial charge in [0.1, 0.15) is 23.5 Å². The highest BCUT2D eigenvalue weighted by atomic mass is 35.5. The monoisotopic (exact) mass is 299 g/mol. The van der Waals surface area contributed by atoms with Gasteiger partial charge in [0.15, 0.2) is 10.3 Å². The van der Waals surface area contributed by atoms with Gasteiger partial charge in [-0.25, -0.2) is 9.97 Å². The number of hydrogen-bond donors (Lipinski definition) is 3. The number of aromatic hydroxyl groups is 2. The molecular formula is C11H7Cl2N3O3. The van der Waals surface area contributed by atoms with Crippen molar-refractivity contribution in [1.82, 2.24) is 9.97 Å². The average Bonchev–Trinajstić information content (AvgIpc) is 2.32. The molecular weight excluding hydrogens is 293 g/mol. The van der Waals surface area contributed by atoms with Crippen LogP contribution in [0.15, 0.2) is 24.5 Å². The molecule has 1 aromatic heterocycles. The van der Waals surface area contributed by atoms with E-state index >= 15 is 0 Å². The first kappa shape index (κ1) is 13.4. The summed E-state index contributed by atoms with van der Waals surface area (Å²) in [7, 11) is 0. The van der Waals surface area contributed by atoms with Crippen LogP contribution in [0.1, 0.15) is 10.4 Å². The maximum Gasteiger partial charge on any atom is 0.256 e. The molecule has 8 heteroatoms. The number of aromatic nitrogens is 2. The fraction of sp³-hybridized carbons (Fsp3) is 0. The Morgan fingerprint density at radius 3 is 2.11 bits per heavy atom. The number of amides is 1. The third-order valence-electron chi connectivity index (χ3n) is 2.16. The summed E-state index contributed by atoms with van der Waals surface area (Å²) in [6.07, 6.45) is 1.15. The Hall–Kier alpha value is -2.05. The third kappa shape index (κ3) is 3.04. The van der Waals surface area contributed by atoms with Crippen LogP contribution >= 0.6 is 23.2 Å². The van der Waals surface area contributed by atoms with Crippen molar-refractivity contribution < 1.29 is 15.0 Å². The zero-order chi connectivity index (χ0) is 14.0. The number of benzene rings is 1. The van der Waals surface area contributed by atoms with E-state index in [1.165, 1.54) is 12.1 Å². The Kier molecular flexibility index (Phi) is 3.73. The highest BCUT2D eigenvalue weighted by molar-refractivity contribution is 6.38. The first-order valence-corrected chi connectivity index (χ1v) is 5.73. The molecule has 2 rings (SSSR count). The summed E-state index contributed by atoms with van der Waals surface area (Å²) in [6.45, 7) is 0. The van der Waals surface area contributed by atoms with Crippen molar-refractivity contribution in [1.29, 1.82) is 0 Å². The Morgan fingerprint density at radius 1 is 1.05 bits per heavy atom. The SMILES string of the molecule is O=C(Nc1c(Cl)ncnc1Cl)c1cc(O)cc(O)c1. The fourth-order valence-corrected chi connectivity index (χ4v) is 1.77. The molecule has 0 aliphatic rings. The lowest BCUT2D eigenvalue weighted by molar-refractivity contribution is 0.102. The minimum Gasteiger partial charge on any atom is -0.508 e. The largest absolute Gasteiger partial charge is 0.508 e. The summed E-state index contributed by atoms with van der Waals surface area (Å²) >= 11 is 11.5. The van der Waals surface area contributed by atoms with Crippen molar-refractivity contribution in [3.63, 3.8) is 0 Å². The lowest BCUT2D eigenvalue weighted by Gasteiger charge is -2.08. The van der Waals surface area contributed by atoms with Crippen LogP contribution in [0.4, 0.5) is 5.69 Å². The van der Waals surface area contributed by atoms with Gasteiger partial charge in [0.05, 0.1) is 0 Å². The number of hydrogen-bond acceptors (Lipinski definition) is 5. The highest BCUT2D eigenvalue weighted by Gasteiger charge is 2.14. The normalized spacial score (nSPS) is 10.2. The molecule has 3 N–H and O–H groups in total. The molecule has 98 valence electrons. The van der Waals surface area contributed by atoms with Crippen molar-refractivity contribution in [3.8, 4) is 11.5 Å². The van der Waals surface area contributed by atoms with E-state index in [-0.39, 0.29) is 33.1 Å². The average molecular weight is 300 g/mol. The number of rotatable bonds is 2. The van der Waals surface area contributed by atoms with Crippen molar-refractivity contribution in [3.05, 3.63) is 40.4 Å². The van der Waals surface area contributed by atoms with Crippen LogP contribution in [0, 0.1) is 0 Å². The second-order valence-electron chi connectivity index (χ2n) is 3.52. The second-order valence-corrected chi connectivity index (χ2v) is 4.24.